The monoisotopic (exact) mass is 347 g/mol. The molecular formula is C19H29N3O3. The van der Waals surface area contributed by atoms with Gasteiger partial charge in [-0.25, -0.2) is 4.79 Å². The second-order valence-corrected chi connectivity index (χ2v) is 7.38. The number of amides is 2. The average molecular weight is 347 g/mol. The normalized spacial score (nSPS) is 26.3. The molecule has 138 valence electrons. The summed E-state index contributed by atoms with van der Waals surface area (Å²) in [6.45, 7) is 8.61. The summed E-state index contributed by atoms with van der Waals surface area (Å²) in [7, 11) is 0. The number of hydrogen-bond donors (Lipinski definition) is 3. The number of carbonyl (C=O) groups is 1. The van der Waals surface area contributed by atoms with Crippen molar-refractivity contribution in [2.24, 2.45) is 0 Å². The molecule has 6 nitrogen and oxygen atoms in total. The van der Waals surface area contributed by atoms with E-state index in [0.717, 1.165) is 36.3 Å². The summed E-state index contributed by atoms with van der Waals surface area (Å²) in [5.41, 5.74) is 4.25. The van der Waals surface area contributed by atoms with E-state index >= 15 is 0 Å². The van der Waals surface area contributed by atoms with Crippen molar-refractivity contribution in [3.05, 3.63) is 28.8 Å². The van der Waals surface area contributed by atoms with E-state index in [9.17, 15) is 4.79 Å². The highest BCUT2D eigenvalue weighted by molar-refractivity contribution is 5.91. The van der Waals surface area contributed by atoms with Crippen LogP contribution in [0.5, 0.6) is 0 Å². The number of benzene rings is 1. The van der Waals surface area contributed by atoms with Gasteiger partial charge in [-0.05, 0) is 44.7 Å². The predicted octanol–water partition coefficient (Wildman–Crippen LogP) is 1.96. The van der Waals surface area contributed by atoms with E-state index in [2.05, 4.69) is 34.6 Å². The van der Waals surface area contributed by atoms with Crippen molar-refractivity contribution in [1.29, 1.82) is 0 Å². The maximum Gasteiger partial charge on any atom is 0.319 e. The van der Waals surface area contributed by atoms with Crippen LogP contribution in [0.1, 0.15) is 29.5 Å². The number of anilines is 1. The Balaban J connectivity index is 1.54. The van der Waals surface area contributed by atoms with E-state index in [1.54, 1.807) is 0 Å². The Labute approximate surface area is 149 Å². The van der Waals surface area contributed by atoms with E-state index in [-0.39, 0.29) is 24.8 Å². The lowest BCUT2D eigenvalue weighted by Gasteiger charge is -2.34. The number of fused-ring (bicyclic) bond motifs is 1. The van der Waals surface area contributed by atoms with Gasteiger partial charge in [0.05, 0.1) is 12.7 Å². The Hall–Kier alpha value is -1.63. The molecule has 2 fully saturated rings. The summed E-state index contributed by atoms with van der Waals surface area (Å²) in [5.74, 6) is 0. The van der Waals surface area contributed by atoms with Crippen molar-refractivity contribution in [1.82, 2.24) is 10.2 Å². The van der Waals surface area contributed by atoms with Crippen LogP contribution in [-0.2, 0) is 4.74 Å². The zero-order valence-electron chi connectivity index (χ0n) is 15.3. The van der Waals surface area contributed by atoms with Crippen LogP contribution in [0.15, 0.2) is 12.1 Å². The molecule has 3 N–H and O–H groups in total. The van der Waals surface area contributed by atoms with Gasteiger partial charge in [-0.15, -0.1) is 0 Å². The van der Waals surface area contributed by atoms with Gasteiger partial charge in [-0.3, -0.25) is 4.90 Å². The molecule has 2 amide bonds. The lowest BCUT2D eigenvalue weighted by atomic mass is 10.1. The van der Waals surface area contributed by atoms with Crippen molar-refractivity contribution < 1.29 is 14.6 Å². The molecule has 2 saturated heterocycles. The van der Waals surface area contributed by atoms with E-state index < -0.39 is 0 Å². The number of nitrogens with one attached hydrogen (secondary N) is 2. The molecule has 25 heavy (non-hydrogen) atoms. The first kappa shape index (κ1) is 18.2. The van der Waals surface area contributed by atoms with Gasteiger partial charge >= 0.3 is 6.03 Å². The molecule has 0 spiro atoms. The highest BCUT2D eigenvalue weighted by Gasteiger charge is 2.37. The lowest BCUT2D eigenvalue weighted by Crippen LogP contribution is -2.46. The van der Waals surface area contributed by atoms with Crippen molar-refractivity contribution in [2.75, 3.05) is 31.6 Å². The molecule has 0 unspecified atom stereocenters. The second kappa shape index (κ2) is 7.72. The summed E-state index contributed by atoms with van der Waals surface area (Å²) < 4.78 is 5.79. The Morgan fingerprint density at radius 1 is 1.28 bits per heavy atom. The Morgan fingerprint density at radius 2 is 2.00 bits per heavy atom. The first-order valence-electron chi connectivity index (χ1n) is 9.08. The minimum atomic E-state index is -0.146. The van der Waals surface area contributed by atoms with Gasteiger partial charge in [-0.1, -0.05) is 17.7 Å². The minimum absolute atomic E-state index is 0.103. The number of rotatable bonds is 4. The first-order chi connectivity index (χ1) is 12.0. The van der Waals surface area contributed by atoms with Gasteiger partial charge in [0.1, 0.15) is 0 Å². The molecule has 1 aromatic rings. The van der Waals surface area contributed by atoms with Crippen molar-refractivity contribution in [2.45, 2.75) is 51.8 Å². The predicted molar refractivity (Wildman–Crippen MR) is 98.0 cm³/mol. The van der Waals surface area contributed by atoms with Crippen LogP contribution in [0, 0.1) is 20.8 Å². The summed E-state index contributed by atoms with van der Waals surface area (Å²) in [5, 5.41) is 15.2. The maximum absolute atomic E-state index is 12.4. The van der Waals surface area contributed by atoms with Crippen molar-refractivity contribution in [3.8, 4) is 0 Å². The highest BCUT2D eigenvalue weighted by atomic mass is 16.5. The molecule has 2 heterocycles. The Morgan fingerprint density at radius 3 is 2.68 bits per heavy atom. The van der Waals surface area contributed by atoms with Crippen LogP contribution in [0.25, 0.3) is 0 Å². The van der Waals surface area contributed by atoms with Crippen molar-refractivity contribution in [3.63, 3.8) is 0 Å². The van der Waals surface area contributed by atoms with E-state index in [1.165, 1.54) is 5.56 Å². The zero-order chi connectivity index (χ0) is 18.0. The molecule has 2 aliphatic heterocycles. The number of nitrogens with zero attached hydrogens (tertiary/aromatic N) is 1. The standard InChI is InChI=1S/C19H29N3O3/c1-12-6-13(2)18(14(3)7-12)21-19(24)20-15-8-16-11-25-17(4-5-23)10-22(16)9-15/h6-7,15-17,23H,4-5,8-11H2,1-3H3,(H2,20,21,24)/t15-,16-,17-/m0/s1. The summed E-state index contributed by atoms with van der Waals surface area (Å²) in [6, 6.07) is 4.51. The van der Waals surface area contributed by atoms with Gasteiger partial charge in [0, 0.05) is 37.5 Å². The van der Waals surface area contributed by atoms with Gasteiger partial charge in [0.2, 0.25) is 0 Å². The number of morpholine rings is 1. The third kappa shape index (κ3) is 4.32. The Kier molecular flexibility index (Phi) is 5.61. The first-order valence-corrected chi connectivity index (χ1v) is 9.08. The van der Waals surface area contributed by atoms with Crippen LogP contribution in [0.3, 0.4) is 0 Å². The van der Waals surface area contributed by atoms with Crippen molar-refractivity contribution >= 4 is 11.7 Å². The molecule has 0 bridgehead atoms. The number of urea groups is 1. The third-order valence-corrected chi connectivity index (χ3v) is 5.19. The average Bonchev–Trinajstić information content (AvgIpc) is 2.92. The van der Waals surface area contributed by atoms with Gasteiger partial charge < -0.3 is 20.5 Å². The van der Waals surface area contributed by atoms with Crippen LogP contribution in [0.4, 0.5) is 10.5 Å². The zero-order valence-corrected chi connectivity index (χ0v) is 15.3. The van der Waals surface area contributed by atoms with E-state index in [4.69, 9.17) is 9.84 Å². The smallest absolute Gasteiger partial charge is 0.319 e. The second-order valence-electron chi connectivity index (χ2n) is 7.38. The number of aliphatic hydroxyl groups excluding tert-OH is 1. The van der Waals surface area contributed by atoms with Crippen LogP contribution in [-0.4, -0.2) is 60.5 Å². The van der Waals surface area contributed by atoms with Crippen LogP contribution >= 0.6 is 0 Å². The van der Waals surface area contributed by atoms with E-state index in [1.807, 2.05) is 13.8 Å². The minimum Gasteiger partial charge on any atom is -0.396 e. The molecule has 0 radical (unpaired) electrons. The molecule has 0 saturated carbocycles. The fourth-order valence-electron chi connectivity index (χ4n) is 4.08. The molecule has 0 aromatic heterocycles. The van der Waals surface area contributed by atoms with Gasteiger partial charge in [-0.2, -0.15) is 0 Å². The maximum atomic E-state index is 12.4. The Bertz CT molecular complexity index is 611. The summed E-state index contributed by atoms with van der Waals surface area (Å²) >= 11 is 0. The molecule has 3 rings (SSSR count). The highest BCUT2D eigenvalue weighted by Crippen LogP contribution is 2.25. The number of ether oxygens (including phenoxy) is 1. The molecule has 3 atom stereocenters. The number of aliphatic hydroxyl groups is 1. The lowest BCUT2D eigenvalue weighted by molar-refractivity contribution is -0.0566. The quantitative estimate of drug-likeness (QED) is 0.778. The fraction of sp³-hybridized carbons (Fsp3) is 0.632. The van der Waals surface area contributed by atoms with Gasteiger partial charge in [0.25, 0.3) is 0 Å². The fourth-order valence-corrected chi connectivity index (χ4v) is 4.08. The van der Waals surface area contributed by atoms with Crippen LogP contribution < -0.4 is 10.6 Å². The molecule has 1 aromatic carbocycles. The number of carbonyl (C=O) groups excluding carboxylic acids is 1. The third-order valence-electron chi connectivity index (χ3n) is 5.19. The molecule has 0 aliphatic carbocycles. The SMILES string of the molecule is Cc1cc(C)c(NC(=O)N[C@H]2C[C@H]3CO[C@@H](CCO)CN3C2)c(C)c1. The summed E-state index contributed by atoms with van der Waals surface area (Å²) in [6.07, 6.45) is 1.69. The topological polar surface area (TPSA) is 73.8 Å². The molecule has 6 heteroatoms. The number of aryl methyl sites for hydroxylation is 3. The van der Waals surface area contributed by atoms with Crippen LogP contribution in [0.2, 0.25) is 0 Å². The molecular weight excluding hydrogens is 318 g/mol. The van der Waals surface area contributed by atoms with Gasteiger partial charge in [0.15, 0.2) is 0 Å². The van der Waals surface area contributed by atoms with E-state index in [0.29, 0.717) is 19.1 Å². The number of hydrogen-bond acceptors (Lipinski definition) is 4. The largest absolute Gasteiger partial charge is 0.396 e. The summed E-state index contributed by atoms with van der Waals surface area (Å²) in [4.78, 5) is 14.8. The molecule has 2 aliphatic rings.